The van der Waals surface area contributed by atoms with E-state index in [1.54, 1.807) is 0 Å². The van der Waals surface area contributed by atoms with Crippen molar-refractivity contribution in [1.29, 1.82) is 0 Å². The summed E-state index contributed by atoms with van der Waals surface area (Å²) in [6.07, 6.45) is 3.66. The van der Waals surface area contributed by atoms with Crippen LogP contribution in [0.3, 0.4) is 0 Å². The number of hydrogen-bond donors (Lipinski definition) is 0. The molecular formula is C32H31F4NP2. The van der Waals surface area contributed by atoms with Crippen molar-refractivity contribution in [3.05, 3.63) is 131 Å². The van der Waals surface area contributed by atoms with Crippen LogP contribution >= 0.6 is 16.1 Å². The van der Waals surface area contributed by atoms with Gasteiger partial charge in [-0.05, 0) is 62.7 Å². The second kappa shape index (κ2) is 12.7. The van der Waals surface area contributed by atoms with Gasteiger partial charge in [0.15, 0.2) is 0 Å². The molecule has 3 atom stereocenters. The molecule has 0 spiro atoms. The summed E-state index contributed by atoms with van der Waals surface area (Å²) in [4.78, 5) is 0. The Morgan fingerprint density at radius 3 is 1.56 bits per heavy atom. The Morgan fingerprint density at radius 2 is 1.15 bits per heavy atom. The van der Waals surface area contributed by atoms with Crippen molar-refractivity contribution in [3.8, 4) is 0 Å². The second-order valence-corrected chi connectivity index (χ2v) is 14.6. The fraction of sp³-hybridized carbons (Fsp3) is 0.250. The third-order valence-electron chi connectivity index (χ3n) is 7.21. The topological polar surface area (TPSA) is 3.24 Å². The quantitative estimate of drug-likeness (QED) is 0.144. The van der Waals surface area contributed by atoms with E-state index >= 15 is 8.78 Å². The summed E-state index contributed by atoms with van der Waals surface area (Å²) in [7, 11) is -2.74. The molecule has 202 valence electrons. The third kappa shape index (κ3) is 6.12. The Morgan fingerprint density at radius 1 is 0.692 bits per heavy atom. The molecule has 0 aliphatic carbocycles. The monoisotopic (exact) mass is 567 g/mol. The molecular weight excluding hydrogens is 536 g/mol. The predicted molar refractivity (Wildman–Crippen MR) is 155 cm³/mol. The minimum atomic E-state index is -1.76. The van der Waals surface area contributed by atoms with Gasteiger partial charge in [0.1, 0.15) is 23.3 Å². The number of halogens is 4. The lowest BCUT2D eigenvalue weighted by molar-refractivity contribution is 0.584. The highest BCUT2D eigenvalue weighted by molar-refractivity contribution is 7.79. The molecule has 0 saturated carbocycles. The number of nitrogens with zero attached hydrogens (tertiary/aromatic N) is 1. The van der Waals surface area contributed by atoms with Crippen molar-refractivity contribution in [2.24, 2.45) is 0 Å². The number of hydrogen-bond acceptors (Lipinski definition) is 1. The van der Waals surface area contributed by atoms with Gasteiger partial charge in [-0.2, -0.15) is 0 Å². The fourth-order valence-corrected chi connectivity index (χ4v) is 12.9. The maximum Gasteiger partial charge on any atom is 0.135 e. The number of unbranched alkanes of at least 4 members (excludes halogenated alkanes) is 1. The van der Waals surface area contributed by atoms with Crippen LogP contribution < -0.4 is 10.6 Å². The third-order valence-corrected chi connectivity index (χ3v) is 13.8. The van der Waals surface area contributed by atoms with Gasteiger partial charge in [-0.15, -0.1) is 0 Å². The zero-order valence-electron chi connectivity index (χ0n) is 21.8. The summed E-state index contributed by atoms with van der Waals surface area (Å²) in [5.74, 6) is -2.76. The molecule has 7 heteroatoms. The van der Waals surface area contributed by atoms with Crippen LogP contribution in [0.15, 0.2) is 97.1 Å². The normalized spacial score (nSPS) is 19.2. The summed E-state index contributed by atoms with van der Waals surface area (Å²) >= 11 is 0. The van der Waals surface area contributed by atoms with Crippen LogP contribution in [0, 0.1) is 23.3 Å². The first kappa shape index (κ1) is 28.0. The SMILES string of the molecule is CCCCN(P(c1ccc(F)cc1F)c1ccc(F)cc1F)P1C(c2ccccc2)CC[C@@H]1c1ccccc1. The maximum atomic E-state index is 15.6. The standard InChI is InChI=1S/C32H31F4NP2/c1-2-3-20-37(39(31-16-14-25(33)21-27(31)35)32-17-15-26(34)22-28(32)36)38-29(23-10-6-4-7-11-23)18-19-30(38)24-12-8-5-9-13-24/h4-17,21-22,29-30H,2-3,18-20H2,1H3/t29-,30?,38?/m1/s1. The highest BCUT2D eigenvalue weighted by Crippen LogP contribution is 2.76. The molecule has 5 rings (SSSR count). The predicted octanol–water partition coefficient (Wildman–Crippen LogP) is 9.37. The Hall–Kier alpha value is -2.58. The first-order valence-corrected chi connectivity index (χ1v) is 16.1. The van der Waals surface area contributed by atoms with Gasteiger partial charge in [-0.1, -0.05) is 74.0 Å². The summed E-state index contributed by atoms with van der Waals surface area (Å²) in [5.41, 5.74) is 2.83. The summed E-state index contributed by atoms with van der Waals surface area (Å²) in [5, 5.41) is 0.530. The first-order valence-electron chi connectivity index (χ1n) is 13.3. The lowest BCUT2D eigenvalue weighted by atomic mass is 10.0. The minimum absolute atomic E-state index is 0.195. The van der Waals surface area contributed by atoms with Gasteiger partial charge in [-0.3, -0.25) is 4.44 Å². The van der Waals surface area contributed by atoms with Gasteiger partial charge in [0.05, 0.1) is 0 Å². The Bertz CT molecular complexity index is 1290. The summed E-state index contributed by atoms with van der Waals surface area (Å²) in [6.45, 7) is 2.73. The van der Waals surface area contributed by atoms with Crippen molar-refractivity contribution in [2.75, 3.05) is 6.54 Å². The van der Waals surface area contributed by atoms with E-state index in [0.717, 1.165) is 37.8 Å². The molecule has 2 unspecified atom stereocenters. The first-order chi connectivity index (χ1) is 19.0. The average Bonchev–Trinajstić information content (AvgIpc) is 3.38. The molecule has 39 heavy (non-hydrogen) atoms. The zero-order chi connectivity index (χ0) is 27.4. The van der Waals surface area contributed by atoms with E-state index in [4.69, 9.17) is 0 Å². The van der Waals surface area contributed by atoms with Crippen LogP contribution in [-0.4, -0.2) is 11.0 Å². The van der Waals surface area contributed by atoms with Gasteiger partial charge in [-0.25, -0.2) is 17.6 Å². The smallest absolute Gasteiger partial charge is 0.135 e. The molecule has 4 aromatic carbocycles. The van der Waals surface area contributed by atoms with Gasteiger partial charge < -0.3 is 0 Å². The molecule has 1 aliphatic heterocycles. The van der Waals surface area contributed by atoms with E-state index in [0.29, 0.717) is 6.54 Å². The maximum absolute atomic E-state index is 15.6. The highest BCUT2D eigenvalue weighted by atomic mass is 31.2. The van der Waals surface area contributed by atoms with E-state index < -0.39 is 39.4 Å². The Balaban J connectivity index is 1.72. The molecule has 0 bridgehead atoms. The van der Waals surface area contributed by atoms with Crippen molar-refractivity contribution >= 4 is 26.8 Å². The lowest BCUT2D eigenvalue weighted by Gasteiger charge is -2.42. The molecule has 0 N–H and O–H groups in total. The number of rotatable bonds is 9. The molecule has 1 nitrogen and oxygen atoms in total. The molecule has 1 heterocycles. The largest absolute Gasteiger partial charge is 0.251 e. The fourth-order valence-electron chi connectivity index (χ4n) is 5.41. The van der Waals surface area contributed by atoms with Crippen molar-refractivity contribution in [3.63, 3.8) is 0 Å². The van der Waals surface area contributed by atoms with Gasteiger partial charge >= 0.3 is 0 Å². The molecule has 0 amide bonds. The lowest BCUT2D eigenvalue weighted by Crippen LogP contribution is -2.30. The summed E-state index contributed by atoms with van der Waals surface area (Å²) < 4.78 is 61.6. The Labute approximate surface area is 230 Å². The Kier molecular flexibility index (Phi) is 9.13. The van der Waals surface area contributed by atoms with Crippen LogP contribution in [0.4, 0.5) is 17.6 Å². The molecule has 1 aliphatic rings. The van der Waals surface area contributed by atoms with Gasteiger partial charge in [0.25, 0.3) is 0 Å². The van der Waals surface area contributed by atoms with Gasteiger partial charge in [0, 0.05) is 48.7 Å². The highest BCUT2D eigenvalue weighted by Gasteiger charge is 2.45. The molecule has 4 aromatic rings. The zero-order valence-corrected chi connectivity index (χ0v) is 23.6. The van der Waals surface area contributed by atoms with Crippen LogP contribution in [-0.2, 0) is 0 Å². The van der Waals surface area contributed by atoms with E-state index in [9.17, 15) is 8.78 Å². The number of benzene rings is 4. The van der Waals surface area contributed by atoms with Crippen molar-refractivity contribution in [1.82, 2.24) is 4.44 Å². The van der Waals surface area contributed by atoms with Crippen molar-refractivity contribution < 1.29 is 17.6 Å². The second-order valence-electron chi connectivity index (χ2n) is 9.76. The molecule has 0 radical (unpaired) electrons. The van der Waals surface area contributed by atoms with Crippen LogP contribution in [0.25, 0.3) is 0 Å². The summed E-state index contributed by atoms with van der Waals surface area (Å²) in [6, 6.07) is 27.8. The van der Waals surface area contributed by atoms with Crippen LogP contribution in [0.1, 0.15) is 55.1 Å². The van der Waals surface area contributed by atoms with E-state index in [1.807, 2.05) is 36.4 Å². The molecule has 1 fully saturated rings. The molecule has 0 aromatic heterocycles. The van der Waals surface area contributed by atoms with E-state index in [2.05, 4.69) is 35.6 Å². The van der Waals surface area contributed by atoms with Crippen molar-refractivity contribution in [2.45, 2.75) is 43.9 Å². The van der Waals surface area contributed by atoms with E-state index in [-0.39, 0.29) is 21.9 Å². The minimum Gasteiger partial charge on any atom is -0.251 e. The average molecular weight is 568 g/mol. The van der Waals surface area contributed by atoms with E-state index in [1.165, 1.54) is 35.4 Å². The van der Waals surface area contributed by atoms with Crippen LogP contribution in [0.5, 0.6) is 0 Å². The van der Waals surface area contributed by atoms with Crippen LogP contribution in [0.2, 0.25) is 0 Å². The van der Waals surface area contributed by atoms with Gasteiger partial charge in [0.2, 0.25) is 0 Å². The molecule has 1 saturated heterocycles.